The Morgan fingerprint density at radius 1 is 1.42 bits per heavy atom. The van der Waals surface area contributed by atoms with Crippen LogP contribution in [0.4, 0.5) is 5.69 Å². The first-order chi connectivity index (χ1) is 9.19. The maximum atomic E-state index is 11.5. The number of ether oxygens (including phenoxy) is 2. The van der Waals surface area contributed by atoms with E-state index in [9.17, 15) is 4.79 Å². The minimum atomic E-state index is -0.239. The standard InChI is InChI=1S/C14H20BrNO3/c1-3-4-8-19-14(17)9-16-13-7-5-6-12(15)11(13)10-18-2/h5-7,16H,3-4,8-10H2,1-2H3. The second-order valence-corrected chi connectivity index (χ2v) is 4.98. The largest absolute Gasteiger partial charge is 0.464 e. The van der Waals surface area contributed by atoms with Gasteiger partial charge in [-0.1, -0.05) is 35.3 Å². The highest BCUT2D eigenvalue weighted by Gasteiger charge is 2.08. The Morgan fingerprint density at radius 2 is 2.21 bits per heavy atom. The third-order valence-electron chi connectivity index (χ3n) is 2.59. The summed E-state index contributed by atoms with van der Waals surface area (Å²) in [6.45, 7) is 3.19. The molecule has 0 radical (unpaired) electrons. The number of carbonyl (C=O) groups excluding carboxylic acids is 1. The van der Waals surface area contributed by atoms with Crippen molar-refractivity contribution in [1.82, 2.24) is 0 Å². The Balaban J connectivity index is 2.52. The van der Waals surface area contributed by atoms with Gasteiger partial charge in [0, 0.05) is 22.8 Å². The first-order valence-electron chi connectivity index (χ1n) is 6.34. The maximum absolute atomic E-state index is 11.5. The molecule has 0 saturated carbocycles. The van der Waals surface area contributed by atoms with Crippen molar-refractivity contribution in [3.05, 3.63) is 28.2 Å². The lowest BCUT2D eigenvalue weighted by Crippen LogP contribution is -2.18. The fourth-order valence-corrected chi connectivity index (χ4v) is 2.04. The molecular weight excluding hydrogens is 310 g/mol. The maximum Gasteiger partial charge on any atom is 0.325 e. The van der Waals surface area contributed by atoms with E-state index in [2.05, 4.69) is 28.2 Å². The number of hydrogen-bond donors (Lipinski definition) is 1. The third kappa shape index (κ3) is 5.61. The molecule has 0 heterocycles. The molecule has 106 valence electrons. The quantitative estimate of drug-likeness (QED) is 0.587. The van der Waals surface area contributed by atoms with Gasteiger partial charge in [-0.15, -0.1) is 0 Å². The van der Waals surface area contributed by atoms with Crippen molar-refractivity contribution in [3.63, 3.8) is 0 Å². The van der Waals surface area contributed by atoms with Crippen molar-refractivity contribution in [2.45, 2.75) is 26.4 Å². The zero-order valence-corrected chi connectivity index (χ0v) is 13.0. The summed E-state index contributed by atoms with van der Waals surface area (Å²) in [6.07, 6.45) is 1.92. The monoisotopic (exact) mass is 329 g/mol. The molecule has 0 saturated heterocycles. The lowest BCUT2D eigenvalue weighted by molar-refractivity contribution is -0.141. The lowest BCUT2D eigenvalue weighted by Gasteiger charge is -2.13. The molecule has 0 unspecified atom stereocenters. The van der Waals surface area contributed by atoms with Crippen LogP contribution >= 0.6 is 15.9 Å². The molecule has 19 heavy (non-hydrogen) atoms. The normalized spacial score (nSPS) is 10.3. The number of carbonyl (C=O) groups is 1. The second-order valence-electron chi connectivity index (χ2n) is 4.13. The van der Waals surface area contributed by atoms with Gasteiger partial charge in [0.2, 0.25) is 0 Å². The smallest absolute Gasteiger partial charge is 0.325 e. The van der Waals surface area contributed by atoms with Gasteiger partial charge >= 0.3 is 5.97 Å². The summed E-state index contributed by atoms with van der Waals surface area (Å²) >= 11 is 3.47. The molecule has 0 bridgehead atoms. The van der Waals surface area contributed by atoms with E-state index < -0.39 is 0 Å². The van der Waals surface area contributed by atoms with Gasteiger partial charge < -0.3 is 14.8 Å². The molecule has 1 rings (SSSR count). The van der Waals surface area contributed by atoms with Gasteiger partial charge in [-0.25, -0.2) is 0 Å². The first-order valence-corrected chi connectivity index (χ1v) is 7.14. The Labute approximate surface area is 122 Å². The summed E-state index contributed by atoms with van der Waals surface area (Å²) in [6, 6.07) is 5.77. The lowest BCUT2D eigenvalue weighted by atomic mass is 10.2. The summed E-state index contributed by atoms with van der Waals surface area (Å²) < 4.78 is 11.2. The van der Waals surface area contributed by atoms with E-state index in [0.29, 0.717) is 13.2 Å². The zero-order chi connectivity index (χ0) is 14.1. The molecule has 0 aliphatic carbocycles. The number of hydrogen-bond acceptors (Lipinski definition) is 4. The number of unbranched alkanes of at least 4 members (excludes halogenated alkanes) is 1. The molecule has 1 aromatic rings. The van der Waals surface area contributed by atoms with Crippen LogP contribution in [-0.2, 0) is 20.9 Å². The van der Waals surface area contributed by atoms with E-state index in [0.717, 1.165) is 28.6 Å². The molecule has 4 nitrogen and oxygen atoms in total. The zero-order valence-electron chi connectivity index (χ0n) is 11.4. The van der Waals surface area contributed by atoms with Gasteiger partial charge in [0.25, 0.3) is 0 Å². The van der Waals surface area contributed by atoms with Crippen LogP contribution in [0.2, 0.25) is 0 Å². The fraction of sp³-hybridized carbons (Fsp3) is 0.500. The molecule has 0 aromatic heterocycles. The molecule has 0 atom stereocenters. The predicted octanol–water partition coefficient (Wildman–Crippen LogP) is 3.35. The van der Waals surface area contributed by atoms with Gasteiger partial charge in [0.1, 0.15) is 6.54 Å². The minimum absolute atomic E-state index is 0.164. The summed E-state index contributed by atoms with van der Waals surface area (Å²) in [5.41, 5.74) is 1.87. The summed E-state index contributed by atoms with van der Waals surface area (Å²) in [5.74, 6) is -0.239. The first kappa shape index (κ1) is 16.0. The summed E-state index contributed by atoms with van der Waals surface area (Å²) in [5, 5.41) is 3.08. The third-order valence-corrected chi connectivity index (χ3v) is 3.33. The highest BCUT2D eigenvalue weighted by molar-refractivity contribution is 9.10. The second kappa shape index (κ2) is 8.93. The average Bonchev–Trinajstić information content (AvgIpc) is 2.40. The van der Waals surface area contributed by atoms with Crippen molar-refractivity contribution >= 4 is 27.6 Å². The molecule has 1 aromatic carbocycles. The van der Waals surface area contributed by atoms with Crippen LogP contribution in [0, 0.1) is 0 Å². The number of anilines is 1. The van der Waals surface area contributed by atoms with E-state index in [1.165, 1.54) is 0 Å². The molecule has 0 aliphatic heterocycles. The molecule has 0 amide bonds. The Hall–Kier alpha value is -1.07. The van der Waals surface area contributed by atoms with E-state index in [-0.39, 0.29) is 12.5 Å². The molecule has 1 N–H and O–H groups in total. The molecule has 0 spiro atoms. The fourth-order valence-electron chi connectivity index (χ4n) is 1.56. The molecule has 5 heteroatoms. The Kier molecular flexibility index (Phi) is 7.52. The number of benzene rings is 1. The summed E-state index contributed by atoms with van der Waals surface area (Å²) in [7, 11) is 1.64. The van der Waals surface area contributed by atoms with Crippen molar-refractivity contribution < 1.29 is 14.3 Å². The van der Waals surface area contributed by atoms with Gasteiger partial charge in [-0.05, 0) is 18.6 Å². The molecule has 0 aliphatic rings. The van der Waals surface area contributed by atoms with E-state index in [1.807, 2.05) is 18.2 Å². The van der Waals surface area contributed by atoms with Crippen molar-refractivity contribution in [3.8, 4) is 0 Å². The highest BCUT2D eigenvalue weighted by Crippen LogP contribution is 2.25. The van der Waals surface area contributed by atoms with Crippen LogP contribution in [0.15, 0.2) is 22.7 Å². The Bertz CT molecular complexity index is 410. The van der Waals surface area contributed by atoms with E-state index >= 15 is 0 Å². The van der Waals surface area contributed by atoms with Gasteiger partial charge in [0.15, 0.2) is 0 Å². The average molecular weight is 330 g/mol. The number of halogens is 1. The number of nitrogens with one attached hydrogen (secondary N) is 1. The van der Waals surface area contributed by atoms with Gasteiger partial charge in [-0.2, -0.15) is 0 Å². The van der Waals surface area contributed by atoms with Crippen LogP contribution in [-0.4, -0.2) is 26.2 Å². The topological polar surface area (TPSA) is 47.6 Å². The van der Waals surface area contributed by atoms with Crippen LogP contribution < -0.4 is 5.32 Å². The number of methoxy groups -OCH3 is 1. The summed E-state index contributed by atoms with van der Waals surface area (Å²) in [4.78, 5) is 11.5. The minimum Gasteiger partial charge on any atom is -0.464 e. The van der Waals surface area contributed by atoms with Crippen LogP contribution in [0.25, 0.3) is 0 Å². The van der Waals surface area contributed by atoms with Crippen LogP contribution in [0.3, 0.4) is 0 Å². The van der Waals surface area contributed by atoms with Crippen molar-refractivity contribution in [1.29, 1.82) is 0 Å². The SMILES string of the molecule is CCCCOC(=O)CNc1cccc(Br)c1COC. The van der Waals surface area contributed by atoms with E-state index in [1.54, 1.807) is 7.11 Å². The number of rotatable bonds is 8. The van der Waals surface area contributed by atoms with Crippen molar-refractivity contribution in [2.75, 3.05) is 25.6 Å². The molecule has 0 fully saturated rings. The van der Waals surface area contributed by atoms with Gasteiger partial charge in [0.05, 0.1) is 13.2 Å². The predicted molar refractivity (Wildman–Crippen MR) is 79.2 cm³/mol. The van der Waals surface area contributed by atoms with Crippen LogP contribution in [0.5, 0.6) is 0 Å². The molecular formula is C14H20BrNO3. The van der Waals surface area contributed by atoms with E-state index in [4.69, 9.17) is 9.47 Å². The van der Waals surface area contributed by atoms with Gasteiger partial charge in [-0.3, -0.25) is 4.79 Å². The highest BCUT2D eigenvalue weighted by atomic mass is 79.9. The van der Waals surface area contributed by atoms with Crippen LogP contribution in [0.1, 0.15) is 25.3 Å². The van der Waals surface area contributed by atoms with Crippen molar-refractivity contribution in [2.24, 2.45) is 0 Å². The Morgan fingerprint density at radius 3 is 2.89 bits per heavy atom. The number of esters is 1.